The van der Waals surface area contributed by atoms with E-state index in [1.807, 2.05) is 13.8 Å². The number of rotatable bonds is 5. The van der Waals surface area contributed by atoms with E-state index in [0.717, 1.165) is 0 Å². The Morgan fingerprint density at radius 1 is 1.16 bits per heavy atom. The predicted molar refractivity (Wildman–Crippen MR) is 72.5 cm³/mol. The summed E-state index contributed by atoms with van der Waals surface area (Å²) in [6.45, 7) is 6.08. The van der Waals surface area contributed by atoms with Gasteiger partial charge in [-0.2, -0.15) is 0 Å². The molecule has 0 aromatic heterocycles. The lowest BCUT2D eigenvalue weighted by molar-refractivity contribution is 0.0435. The number of halogens is 1. The van der Waals surface area contributed by atoms with Crippen molar-refractivity contribution in [2.24, 2.45) is 5.92 Å². The van der Waals surface area contributed by atoms with Crippen LogP contribution in [0.2, 0.25) is 5.02 Å². The quantitative estimate of drug-likeness (QED) is 0.778. The maximum Gasteiger partial charge on any atom is 0.339 e. The van der Waals surface area contributed by atoms with Gasteiger partial charge in [-0.25, -0.2) is 9.59 Å². The number of esters is 2. The summed E-state index contributed by atoms with van der Waals surface area (Å²) in [5.41, 5.74) is 0.298. The predicted octanol–water partition coefficient (Wildman–Crippen LogP) is 3.33. The molecule has 1 aromatic rings. The van der Waals surface area contributed by atoms with Crippen LogP contribution in [0.3, 0.4) is 0 Å². The van der Waals surface area contributed by atoms with Crippen molar-refractivity contribution < 1.29 is 19.1 Å². The fourth-order valence-electron chi connectivity index (χ4n) is 1.39. The highest BCUT2D eigenvalue weighted by Gasteiger charge is 2.20. The van der Waals surface area contributed by atoms with E-state index in [1.165, 1.54) is 18.2 Å². The fraction of sp³-hybridized carbons (Fsp3) is 0.429. The summed E-state index contributed by atoms with van der Waals surface area (Å²) in [7, 11) is 0. The molecule has 4 nitrogen and oxygen atoms in total. The van der Waals surface area contributed by atoms with Gasteiger partial charge in [-0.3, -0.25) is 0 Å². The first-order chi connectivity index (χ1) is 8.95. The van der Waals surface area contributed by atoms with Crippen molar-refractivity contribution in [1.82, 2.24) is 0 Å². The summed E-state index contributed by atoms with van der Waals surface area (Å²) >= 11 is 5.83. The molecule has 1 rings (SSSR count). The van der Waals surface area contributed by atoms with Crippen LogP contribution in [0.4, 0.5) is 0 Å². The summed E-state index contributed by atoms with van der Waals surface area (Å²) in [5.74, 6) is -0.905. The zero-order valence-corrected chi connectivity index (χ0v) is 12.0. The van der Waals surface area contributed by atoms with Crippen molar-refractivity contribution in [3.63, 3.8) is 0 Å². The van der Waals surface area contributed by atoms with Gasteiger partial charge in [-0.1, -0.05) is 25.4 Å². The van der Waals surface area contributed by atoms with Gasteiger partial charge in [0.05, 0.1) is 24.3 Å². The molecule has 0 N–H and O–H groups in total. The first-order valence-electron chi connectivity index (χ1n) is 6.09. The Kier molecular flexibility index (Phi) is 5.83. The Labute approximate surface area is 117 Å². The van der Waals surface area contributed by atoms with Gasteiger partial charge in [0, 0.05) is 5.02 Å². The molecule has 0 saturated carbocycles. The monoisotopic (exact) mass is 284 g/mol. The third-order valence-corrected chi connectivity index (χ3v) is 2.48. The van der Waals surface area contributed by atoms with Gasteiger partial charge < -0.3 is 9.47 Å². The van der Waals surface area contributed by atoms with Crippen molar-refractivity contribution in [3.8, 4) is 0 Å². The first-order valence-corrected chi connectivity index (χ1v) is 6.47. The van der Waals surface area contributed by atoms with Crippen LogP contribution in [0.1, 0.15) is 41.5 Å². The molecule has 5 heteroatoms. The Bertz CT molecular complexity index is 469. The molecule has 19 heavy (non-hydrogen) atoms. The summed E-state index contributed by atoms with van der Waals surface area (Å²) < 4.78 is 10.0. The van der Waals surface area contributed by atoms with Gasteiger partial charge in [0.25, 0.3) is 0 Å². The number of hydrogen-bond acceptors (Lipinski definition) is 4. The summed E-state index contributed by atoms with van der Waals surface area (Å²) in [4.78, 5) is 23.7. The minimum atomic E-state index is -0.582. The second-order valence-corrected chi connectivity index (χ2v) is 4.84. The fourth-order valence-corrected chi connectivity index (χ4v) is 1.56. The summed E-state index contributed by atoms with van der Waals surface area (Å²) in [5, 5.41) is 0.364. The SMILES string of the molecule is CCOC(=O)c1cc(Cl)ccc1C(=O)OCC(C)C. The molecule has 0 saturated heterocycles. The van der Waals surface area contributed by atoms with E-state index < -0.39 is 11.9 Å². The molecular weight excluding hydrogens is 268 g/mol. The maximum absolute atomic E-state index is 11.9. The molecule has 0 bridgehead atoms. The Morgan fingerprint density at radius 3 is 2.37 bits per heavy atom. The zero-order chi connectivity index (χ0) is 14.4. The highest BCUT2D eigenvalue weighted by Crippen LogP contribution is 2.18. The van der Waals surface area contributed by atoms with Gasteiger partial charge in [0.2, 0.25) is 0 Å². The average Bonchev–Trinajstić information content (AvgIpc) is 2.36. The molecule has 1 aromatic carbocycles. The Morgan fingerprint density at radius 2 is 1.79 bits per heavy atom. The van der Waals surface area contributed by atoms with Crippen LogP contribution in [0.15, 0.2) is 18.2 Å². The lowest BCUT2D eigenvalue weighted by Crippen LogP contribution is -2.16. The number of hydrogen-bond donors (Lipinski definition) is 0. The molecule has 0 atom stereocenters. The number of carbonyl (C=O) groups excluding carboxylic acids is 2. The third kappa shape index (κ3) is 4.56. The van der Waals surface area contributed by atoms with E-state index in [0.29, 0.717) is 11.6 Å². The van der Waals surface area contributed by atoms with E-state index in [9.17, 15) is 9.59 Å². The van der Waals surface area contributed by atoms with Crippen LogP contribution >= 0.6 is 11.6 Å². The van der Waals surface area contributed by atoms with Crippen molar-refractivity contribution in [2.45, 2.75) is 20.8 Å². The number of carbonyl (C=O) groups is 2. The molecule has 0 amide bonds. The van der Waals surface area contributed by atoms with Crippen molar-refractivity contribution in [3.05, 3.63) is 34.3 Å². The normalized spacial score (nSPS) is 10.4. The van der Waals surface area contributed by atoms with E-state index in [4.69, 9.17) is 21.1 Å². The first kappa shape index (κ1) is 15.5. The highest BCUT2D eigenvalue weighted by molar-refractivity contribution is 6.31. The van der Waals surface area contributed by atoms with E-state index >= 15 is 0 Å². The van der Waals surface area contributed by atoms with Crippen LogP contribution < -0.4 is 0 Å². The van der Waals surface area contributed by atoms with Crippen LogP contribution in [-0.2, 0) is 9.47 Å². The van der Waals surface area contributed by atoms with E-state index in [-0.39, 0.29) is 23.7 Å². The molecule has 0 radical (unpaired) electrons. The van der Waals surface area contributed by atoms with Crippen molar-refractivity contribution in [1.29, 1.82) is 0 Å². The molecule has 0 aliphatic heterocycles. The summed E-state index contributed by atoms with van der Waals surface area (Å²) in [6.07, 6.45) is 0. The van der Waals surface area contributed by atoms with Crippen molar-refractivity contribution >= 4 is 23.5 Å². The minimum Gasteiger partial charge on any atom is -0.462 e. The number of ether oxygens (including phenoxy) is 2. The van der Waals surface area contributed by atoms with Crippen LogP contribution in [0.5, 0.6) is 0 Å². The molecule has 0 heterocycles. The Hall–Kier alpha value is -1.55. The van der Waals surface area contributed by atoms with Crippen LogP contribution in [0, 0.1) is 5.92 Å². The van der Waals surface area contributed by atoms with Gasteiger partial charge >= 0.3 is 11.9 Å². The molecule has 0 unspecified atom stereocenters. The highest BCUT2D eigenvalue weighted by atomic mass is 35.5. The Balaban J connectivity index is 2.99. The molecule has 0 aliphatic carbocycles. The van der Waals surface area contributed by atoms with Gasteiger partial charge in [-0.05, 0) is 31.0 Å². The van der Waals surface area contributed by atoms with E-state index in [1.54, 1.807) is 6.92 Å². The zero-order valence-electron chi connectivity index (χ0n) is 11.2. The minimum absolute atomic E-state index is 0.128. The van der Waals surface area contributed by atoms with Gasteiger partial charge in [-0.15, -0.1) is 0 Å². The average molecular weight is 285 g/mol. The second-order valence-electron chi connectivity index (χ2n) is 4.40. The molecular formula is C14H17ClO4. The second kappa shape index (κ2) is 7.14. The summed E-state index contributed by atoms with van der Waals surface area (Å²) in [6, 6.07) is 4.42. The smallest absolute Gasteiger partial charge is 0.339 e. The lowest BCUT2D eigenvalue weighted by Gasteiger charge is -2.10. The standard InChI is InChI=1S/C14H17ClO4/c1-4-18-14(17)12-7-10(15)5-6-11(12)13(16)19-8-9(2)3/h5-7,9H,4,8H2,1-3H3. The maximum atomic E-state index is 11.9. The van der Waals surface area contributed by atoms with Crippen LogP contribution in [-0.4, -0.2) is 25.2 Å². The number of benzene rings is 1. The van der Waals surface area contributed by atoms with Crippen LogP contribution in [0.25, 0.3) is 0 Å². The largest absolute Gasteiger partial charge is 0.462 e. The van der Waals surface area contributed by atoms with Gasteiger partial charge in [0.1, 0.15) is 0 Å². The molecule has 104 valence electrons. The topological polar surface area (TPSA) is 52.6 Å². The molecule has 0 fully saturated rings. The molecule has 0 spiro atoms. The molecule has 0 aliphatic rings. The van der Waals surface area contributed by atoms with E-state index in [2.05, 4.69) is 0 Å². The lowest BCUT2D eigenvalue weighted by atomic mass is 10.1. The van der Waals surface area contributed by atoms with Crippen molar-refractivity contribution in [2.75, 3.05) is 13.2 Å². The third-order valence-electron chi connectivity index (χ3n) is 2.24. The van der Waals surface area contributed by atoms with Gasteiger partial charge in [0.15, 0.2) is 0 Å².